The summed E-state index contributed by atoms with van der Waals surface area (Å²) in [7, 11) is 0. The van der Waals surface area contributed by atoms with E-state index in [1.807, 2.05) is 12.1 Å². The first kappa shape index (κ1) is 24.1. The Labute approximate surface area is 219 Å². The minimum Gasteiger partial charge on any atom is -0.508 e. The van der Waals surface area contributed by atoms with E-state index in [1.165, 1.54) is 34.4 Å². The number of piperidine rings is 1. The van der Waals surface area contributed by atoms with E-state index in [1.54, 1.807) is 0 Å². The van der Waals surface area contributed by atoms with Crippen molar-refractivity contribution in [1.29, 1.82) is 0 Å². The van der Waals surface area contributed by atoms with Crippen LogP contribution in [0.25, 0.3) is 0 Å². The lowest BCUT2D eigenvalue weighted by molar-refractivity contribution is -0.138. The summed E-state index contributed by atoms with van der Waals surface area (Å²) in [4.78, 5) is 15.8. The average Bonchev–Trinajstić information content (AvgIpc) is 3.28. The molecule has 2 heterocycles. The summed E-state index contributed by atoms with van der Waals surface area (Å²) in [5.41, 5.74) is 6.75. The van der Waals surface area contributed by atoms with E-state index in [2.05, 4.69) is 70.5 Å². The third-order valence-electron chi connectivity index (χ3n) is 8.97. The van der Waals surface area contributed by atoms with Crippen molar-refractivity contribution in [2.75, 3.05) is 37.6 Å². The van der Waals surface area contributed by atoms with Gasteiger partial charge in [0, 0.05) is 36.7 Å². The molecule has 37 heavy (non-hydrogen) atoms. The van der Waals surface area contributed by atoms with Crippen LogP contribution in [0.1, 0.15) is 59.8 Å². The lowest BCUT2D eigenvalue weighted by Crippen LogP contribution is -2.45. The summed E-state index contributed by atoms with van der Waals surface area (Å²) < 4.78 is 0. The zero-order valence-corrected chi connectivity index (χ0v) is 21.4. The summed E-state index contributed by atoms with van der Waals surface area (Å²) in [5.74, 6) is 0.279. The smallest absolute Gasteiger partial charge is 0.317 e. The number of nitrogens with zero attached hydrogens (tertiary/aromatic N) is 2. The van der Waals surface area contributed by atoms with Crippen LogP contribution < -0.4 is 4.90 Å². The lowest BCUT2D eigenvalue weighted by Gasteiger charge is -2.42. The second kappa shape index (κ2) is 9.86. The van der Waals surface area contributed by atoms with Crippen molar-refractivity contribution in [1.82, 2.24) is 4.90 Å². The van der Waals surface area contributed by atoms with Gasteiger partial charge in [-0.05, 0) is 91.1 Å². The average molecular weight is 497 g/mol. The van der Waals surface area contributed by atoms with Crippen LogP contribution in [-0.4, -0.2) is 53.8 Å². The predicted molar refractivity (Wildman–Crippen MR) is 146 cm³/mol. The number of aryl methyl sites for hydroxylation is 1. The monoisotopic (exact) mass is 496 g/mol. The van der Waals surface area contributed by atoms with E-state index in [4.69, 9.17) is 0 Å². The molecule has 192 valence electrons. The van der Waals surface area contributed by atoms with Gasteiger partial charge in [-0.15, -0.1) is 0 Å². The fourth-order valence-electron chi connectivity index (χ4n) is 7.29. The van der Waals surface area contributed by atoms with Gasteiger partial charge < -0.3 is 15.1 Å². The molecule has 5 nitrogen and oxygen atoms in total. The Morgan fingerprint density at radius 1 is 0.919 bits per heavy atom. The number of aliphatic carboxylic acids is 1. The van der Waals surface area contributed by atoms with Gasteiger partial charge in [-0.1, -0.05) is 48.5 Å². The van der Waals surface area contributed by atoms with Crippen molar-refractivity contribution in [2.24, 2.45) is 5.41 Å². The zero-order valence-electron chi connectivity index (χ0n) is 21.4. The number of carbonyl (C=O) groups is 1. The van der Waals surface area contributed by atoms with Gasteiger partial charge >= 0.3 is 5.97 Å². The number of likely N-dealkylation sites (tertiary alicyclic amines) is 1. The number of phenolic OH excluding ortho intramolecular Hbond substituents is 1. The molecule has 1 spiro atoms. The van der Waals surface area contributed by atoms with Crippen molar-refractivity contribution < 1.29 is 15.0 Å². The summed E-state index contributed by atoms with van der Waals surface area (Å²) in [6, 6.07) is 25.9. The highest BCUT2D eigenvalue weighted by Crippen LogP contribution is 2.47. The van der Waals surface area contributed by atoms with Gasteiger partial charge in [0.25, 0.3) is 0 Å². The molecule has 5 heteroatoms. The normalized spacial score (nSPS) is 25.8. The van der Waals surface area contributed by atoms with E-state index in [0.717, 1.165) is 51.9 Å². The third-order valence-corrected chi connectivity index (χ3v) is 8.97. The van der Waals surface area contributed by atoms with E-state index in [0.29, 0.717) is 11.7 Å². The first-order valence-corrected chi connectivity index (χ1v) is 13.7. The molecule has 1 unspecified atom stereocenters. The van der Waals surface area contributed by atoms with Crippen molar-refractivity contribution in [3.05, 3.63) is 95.1 Å². The van der Waals surface area contributed by atoms with Crippen LogP contribution in [0.3, 0.4) is 0 Å². The van der Waals surface area contributed by atoms with Crippen LogP contribution in [-0.2, 0) is 11.2 Å². The number of carboxylic acids is 1. The van der Waals surface area contributed by atoms with E-state index in [-0.39, 0.29) is 17.9 Å². The highest BCUT2D eigenvalue weighted by Gasteiger charge is 2.42. The van der Waals surface area contributed by atoms with Crippen molar-refractivity contribution in [3.8, 4) is 5.75 Å². The van der Waals surface area contributed by atoms with Crippen LogP contribution in [0.4, 0.5) is 5.69 Å². The Morgan fingerprint density at radius 2 is 1.73 bits per heavy atom. The van der Waals surface area contributed by atoms with E-state index < -0.39 is 5.97 Å². The molecule has 2 aliphatic heterocycles. The molecule has 2 saturated heterocycles. The van der Waals surface area contributed by atoms with Crippen LogP contribution in [0.5, 0.6) is 5.75 Å². The van der Waals surface area contributed by atoms with Crippen molar-refractivity contribution in [2.45, 2.75) is 43.9 Å². The first-order chi connectivity index (χ1) is 18.0. The Bertz CT molecular complexity index is 1260. The number of anilines is 1. The van der Waals surface area contributed by atoms with Crippen LogP contribution in [0.15, 0.2) is 72.8 Å². The minimum absolute atomic E-state index is 0.152. The number of fused-ring (bicyclic) bond motifs is 1. The number of hydrogen-bond donors (Lipinski definition) is 2. The van der Waals surface area contributed by atoms with Gasteiger partial charge in [-0.3, -0.25) is 9.69 Å². The Balaban J connectivity index is 1.26. The van der Waals surface area contributed by atoms with Crippen molar-refractivity contribution in [3.63, 3.8) is 0 Å². The molecule has 2 N–H and O–H groups in total. The molecule has 3 aromatic rings. The molecule has 0 bridgehead atoms. The van der Waals surface area contributed by atoms with Gasteiger partial charge in [0.2, 0.25) is 0 Å². The standard InChI is InChI=1S/C32H36N2O3/c35-27-12-14-29-25(19-27)9-13-28(23-5-2-1-3-6-23)31(29)24-7-10-26(11-8-24)34-17-4-15-32(22-34)16-18-33(21-32)20-30(36)37/h1-3,5-8,10-12,14,19,28,31,35H,4,9,13,15-18,20-22H2,(H,36,37)/t28-,31+,32?/m1/s1. The molecular formula is C32H36N2O3. The quantitative estimate of drug-likeness (QED) is 0.479. The van der Waals surface area contributed by atoms with Crippen LogP contribution in [0.2, 0.25) is 0 Å². The second-order valence-electron chi connectivity index (χ2n) is 11.4. The van der Waals surface area contributed by atoms with E-state index in [9.17, 15) is 15.0 Å². The molecule has 0 aromatic heterocycles. The summed E-state index contributed by atoms with van der Waals surface area (Å²) in [6.45, 7) is 3.98. The molecule has 3 atom stereocenters. The number of aromatic hydroxyl groups is 1. The second-order valence-corrected chi connectivity index (χ2v) is 11.4. The van der Waals surface area contributed by atoms with E-state index >= 15 is 0 Å². The molecular weight excluding hydrogens is 460 g/mol. The highest BCUT2D eigenvalue weighted by molar-refractivity contribution is 5.69. The predicted octanol–water partition coefficient (Wildman–Crippen LogP) is 5.63. The molecule has 0 amide bonds. The summed E-state index contributed by atoms with van der Waals surface area (Å²) in [6.07, 6.45) is 5.46. The number of hydrogen-bond acceptors (Lipinski definition) is 4. The van der Waals surface area contributed by atoms with Crippen molar-refractivity contribution >= 4 is 11.7 Å². The minimum atomic E-state index is -0.728. The first-order valence-electron chi connectivity index (χ1n) is 13.7. The maximum atomic E-state index is 11.2. The Kier molecular flexibility index (Phi) is 6.41. The maximum absolute atomic E-state index is 11.2. The largest absolute Gasteiger partial charge is 0.508 e. The molecule has 6 rings (SSSR count). The Morgan fingerprint density at radius 3 is 2.51 bits per heavy atom. The topological polar surface area (TPSA) is 64.0 Å². The van der Waals surface area contributed by atoms with Gasteiger partial charge in [0.05, 0.1) is 6.54 Å². The molecule has 3 aliphatic rings. The highest BCUT2D eigenvalue weighted by atomic mass is 16.4. The fourth-order valence-corrected chi connectivity index (χ4v) is 7.29. The van der Waals surface area contributed by atoms with Crippen LogP contribution >= 0.6 is 0 Å². The Hall–Kier alpha value is -3.31. The maximum Gasteiger partial charge on any atom is 0.317 e. The molecule has 0 radical (unpaired) electrons. The summed E-state index contributed by atoms with van der Waals surface area (Å²) in [5, 5.41) is 19.3. The number of rotatable bonds is 5. The molecule has 3 aromatic carbocycles. The number of carboxylic acid groups (broad SMARTS) is 1. The zero-order chi connectivity index (χ0) is 25.4. The van der Waals surface area contributed by atoms with Gasteiger partial charge in [0.15, 0.2) is 0 Å². The third kappa shape index (κ3) is 4.85. The van der Waals surface area contributed by atoms with Gasteiger partial charge in [-0.25, -0.2) is 0 Å². The van der Waals surface area contributed by atoms with Gasteiger partial charge in [-0.2, -0.15) is 0 Å². The van der Waals surface area contributed by atoms with Crippen LogP contribution in [0, 0.1) is 5.41 Å². The number of benzene rings is 3. The molecule has 0 saturated carbocycles. The summed E-state index contributed by atoms with van der Waals surface area (Å²) >= 11 is 0. The molecule has 1 aliphatic carbocycles. The lowest BCUT2D eigenvalue weighted by atomic mass is 9.69. The SMILES string of the molecule is O=C(O)CN1CCC2(CCCN(c3ccc([C@@H]4c5ccc(O)cc5CC[C@@H]4c4ccccc4)cc3)C2)C1. The fraction of sp³-hybridized carbons (Fsp3) is 0.406. The van der Waals surface area contributed by atoms with Gasteiger partial charge in [0.1, 0.15) is 5.75 Å². The number of phenols is 1. The molecule has 2 fully saturated rings.